The Morgan fingerprint density at radius 1 is 1.19 bits per heavy atom. The summed E-state index contributed by atoms with van der Waals surface area (Å²) in [5.41, 5.74) is 2.11. The van der Waals surface area contributed by atoms with Crippen molar-refractivity contribution < 1.29 is 9.53 Å². The van der Waals surface area contributed by atoms with Gasteiger partial charge in [0.15, 0.2) is 11.6 Å². The molecule has 10 heteroatoms. The van der Waals surface area contributed by atoms with Gasteiger partial charge in [-0.05, 0) is 38.3 Å². The van der Waals surface area contributed by atoms with Gasteiger partial charge < -0.3 is 24.7 Å². The standard InChI is InChI=1S/C21H25N7O2.ClH/c1-14-12-28-13-16(17(11-20(28)23-14)30-15-3-2-4-15)21(29)24-18-5-6-19(26-25-18)27-9-7-22-8-10-27;/h5-6,11-13,15,22H,2-4,7-10H2,1H3,(H,24,25,29);1H. The molecule has 3 aromatic rings. The SMILES string of the molecule is Cc1cn2cc(C(=O)Nc3ccc(N4CCNCC4)nn3)c(OC3CCC3)cc2n1.Cl. The molecule has 0 spiro atoms. The van der Waals surface area contributed by atoms with Crippen LogP contribution in [0.1, 0.15) is 35.3 Å². The number of hydrogen-bond acceptors (Lipinski definition) is 7. The predicted molar refractivity (Wildman–Crippen MR) is 121 cm³/mol. The number of aromatic nitrogens is 4. The lowest BCUT2D eigenvalue weighted by Crippen LogP contribution is -2.43. The Morgan fingerprint density at radius 3 is 2.68 bits per heavy atom. The van der Waals surface area contributed by atoms with Crippen LogP contribution in [0, 0.1) is 6.92 Å². The average molecular weight is 444 g/mol. The second-order valence-electron chi connectivity index (χ2n) is 7.84. The molecular weight excluding hydrogens is 418 g/mol. The molecule has 31 heavy (non-hydrogen) atoms. The van der Waals surface area contributed by atoms with Crippen molar-refractivity contribution in [3.63, 3.8) is 0 Å². The first-order valence-corrected chi connectivity index (χ1v) is 10.4. The number of halogens is 1. The summed E-state index contributed by atoms with van der Waals surface area (Å²) in [6.45, 7) is 5.58. The summed E-state index contributed by atoms with van der Waals surface area (Å²) in [5, 5.41) is 14.7. The zero-order valence-electron chi connectivity index (χ0n) is 17.4. The van der Waals surface area contributed by atoms with Gasteiger partial charge in [0.25, 0.3) is 5.91 Å². The maximum Gasteiger partial charge on any atom is 0.262 e. The number of imidazole rings is 1. The molecule has 0 unspecified atom stereocenters. The van der Waals surface area contributed by atoms with Crippen LogP contribution in [-0.4, -0.2) is 57.8 Å². The van der Waals surface area contributed by atoms with E-state index >= 15 is 0 Å². The molecule has 2 aliphatic rings. The minimum Gasteiger partial charge on any atom is -0.489 e. The highest BCUT2D eigenvalue weighted by Crippen LogP contribution is 2.29. The normalized spacial score (nSPS) is 16.5. The number of carbonyl (C=O) groups is 1. The lowest BCUT2D eigenvalue weighted by molar-refractivity contribution is 0.0990. The van der Waals surface area contributed by atoms with E-state index < -0.39 is 0 Å². The third-order valence-corrected chi connectivity index (χ3v) is 5.60. The molecule has 1 aliphatic heterocycles. The highest BCUT2D eigenvalue weighted by molar-refractivity contribution is 6.05. The summed E-state index contributed by atoms with van der Waals surface area (Å²) in [5.74, 6) is 1.51. The number of piperazine rings is 1. The van der Waals surface area contributed by atoms with Gasteiger partial charge in [-0.25, -0.2) is 4.98 Å². The van der Waals surface area contributed by atoms with Crippen LogP contribution in [0.4, 0.5) is 11.6 Å². The Balaban J connectivity index is 0.00000231. The van der Waals surface area contributed by atoms with E-state index in [9.17, 15) is 4.79 Å². The Bertz CT molecular complexity index is 1060. The van der Waals surface area contributed by atoms with Gasteiger partial charge in [-0.15, -0.1) is 22.6 Å². The van der Waals surface area contributed by atoms with Crippen LogP contribution in [-0.2, 0) is 0 Å². The van der Waals surface area contributed by atoms with E-state index in [1.165, 1.54) is 0 Å². The lowest BCUT2D eigenvalue weighted by Gasteiger charge is -2.28. The van der Waals surface area contributed by atoms with Crippen LogP contribution in [0.15, 0.2) is 30.6 Å². The fourth-order valence-corrected chi connectivity index (χ4v) is 3.72. The number of nitrogens with one attached hydrogen (secondary N) is 2. The van der Waals surface area contributed by atoms with E-state index in [0.29, 0.717) is 17.1 Å². The highest BCUT2D eigenvalue weighted by atomic mass is 35.5. The number of amides is 1. The largest absolute Gasteiger partial charge is 0.489 e. The summed E-state index contributed by atoms with van der Waals surface area (Å²) >= 11 is 0. The number of ether oxygens (including phenoxy) is 1. The van der Waals surface area contributed by atoms with Gasteiger partial charge in [0.1, 0.15) is 11.4 Å². The number of aryl methyl sites for hydroxylation is 1. The molecule has 164 valence electrons. The quantitative estimate of drug-likeness (QED) is 0.625. The third-order valence-electron chi connectivity index (χ3n) is 5.60. The van der Waals surface area contributed by atoms with Crippen molar-refractivity contribution in [3.05, 3.63) is 41.9 Å². The molecule has 1 aliphatic carbocycles. The number of rotatable bonds is 5. The molecule has 1 amide bonds. The maximum atomic E-state index is 13.0. The first-order chi connectivity index (χ1) is 14.7. The molecule has 0 bridgehead atoms. The number of nitrogens with zero attached hydrogens (tertiary/aromatic N) is 5. The van der Waals surface area contributed by atoms with Gasteiger partial charge in [0.2, 0.25) is 0 Å². The lowest BCUT2D eigenvalue weighted by atomic mass is 9.96. The Labute approximate surface area is 186 Å². The number of carbonyl (C=O) groups excluding carboxylic acids is 1. The zero-order valence-corrected chi connectivity index (χ0v) is 18.2. The fourth-order valence-electron chi connectivity index (χ4n) is 3.72. The van der Waals surface area contributed by atoms with Gasteiger partial charge >= 0.3 is 0 Å². The first kappa shape index (κ1) is 21.3. The van der Waals surface area contributed by atoms with E-state index in [0.717, 1.165) is 62.6 Å². The van der Waals surface area contributed by atoms with Crippen molar-refractivity contribution in [2.24, 2.45) is 0 Å². The fraction of sp³-hybridized carbons (Fsp3) is 0.429. The molecule has 5 rings (SSSR count). The average Bonchev–Trinajstić information content (AvgIpc) is 3.10. The number of fused-ring (bicyclic) bond motifs is 1. The van der Waals surface area contributed by atoms with Gasteiger partial charge in [0, 0.05) is 44.6 Å². The second-order valence-corrected chi connectivity index (χ2v) is 7.84. The topological polar surface area (TPSA) is 96.7 Å². The van der Waals surface area contributed by atoms with E-state index in [-0.39, 0.29) is 24.4 Å². The Morgan fingerprint density at radius 2 is 2.00 bits per heavy atom. The molecule has 1 saturated heterocycles. The minimum atomic E-state index is -0.276. The molecule has 2 N–H and O–H groups in total. The van der Waals surface area contributed by atoms with E-state index in [2.05, 4.69) is 30.7 Å². The number of anilines is 2. The van der Waals surface area contributed by atoms with Gasteiger partial charge in [0.05, 0.1) is 17.4 Å². The van der Waals surface area contributed by atoms with Gasteiger partial charge in [-0.2, -0.15) is 0 Å². The molecule has 2 fully saturated rings. The molecule has 0 aromatic carbocycles. The van der Waals surface area contributed by atoms with Crippen LogP contribution in [0.25, 0.3) is 5.65 Å². The second kappa shape index (κ2) is 9.07. The number of pyridine rings is 1. The minimum absolute atomic E-state index is 0. The first-order valence-electron chi connectivity index (χ1n) is 10.4. The summed E-state index contributed by atoms with van der Waals surface area (Å²) in [6.07, 6.45) is 7.00. The summed E-state index contributed by atoms with van der Waals surface area (Å²) in [7, 11) is 0. The van der Waals surface area contributed by atoms with E-state index in [4.69, 9.17) is 4.74 Å². The zero-order chi connectivity index (χ0) is 20.5. The predicted octanol–water partition coefficient (Wildman–Crippen LogP) is 2.45. The smallest absolute Gasteiger partial charge is 0.262 e. The van der Waals surface area contributed by atoms with Crippen molar-refractivity contribution in [1.82, 2.24) is 24.9 Å². The van der Waals surface area contributed by atoms with Crippen molar-refractivity contribution in [3.8, 4) is 5.75 Å². The molecule has 1 saturated carbocycles. The van der Waals surface area contributed by atoms with E-state index in [1.807, 2.05) is 29.7 Å². The van der Waals surface area contributed by atoms with Gasteiger partial charge in [-0.1, -0.05) is 0 Å². The summed E-state index contributed by atoms with van der Waals surface area (Å²) in [6, 6.07) is 5.51. The maximum absolute atomic E-state index is 13.0. The number of hydrogen-bond donors (Lipinski definition) is 2. The van der Waals surface area contributed by atoms with Gasteiger partial charge in [-0.3, -0.25) is 4.79 Å². The van der Waals surface area contributed by atoms with Crippen molar-refractivity contribution >= 4 is 35.6 Å². The van der Waals surface area contributed by atoms with Crippen LogP contribution in [0.2, 0.25) is 0 Å². The van der Waals surface area contributed by atoms with Crippen LogP contribution in [0.3, 0.4) is 0 Å². The van der Waals surface area contributed by atoms with Crippen molar-refractivity contribution in [2.45, 2.75) is 32.3 Å². The summed E-state index contributed by atoms with van der Waals surface area (Å²) in [4.78, 5) is 19.7. The Hall–Kier alpha value is -2.91. The van der Waals surface area contributed by atoms with Crippen molar-refractivity contribution in [2.75, 3.05) is 36.4 Å². The molecule has 0 atom stereocenters. The van der Waals surface area contributed by atoms with Crippen molar-refractivity contribution in [1.29, 1.82) is 0 Å². The molecule has 0 radical (unpaired) electrons. The van der Waals surface area contributed by atoms with Crippen LogP contribution in [0.5, 0.6) is 5.75 Å². The Kier molecular flexibility index (Phi) is 6.24. The molecular formula is C21H26ClN7O2. The van der Waals surface area contributed by atoms with E-state index in [1.54, 1.807) is 12.3 Å². The summed E-state index contributed by atoms with van der Waals surface area (Å²) < 4.78 is 7.94. The van der Waals surface area contributed by atoms with Crippen LogP contribution < -0.4 is 20.3 Å². The molecule has 9 nitrogen and oxygen atoms in total. The highest BCUT2D eigenvalue weighted by Gasteiger charge is 2.23. The third kappa shape index (κ3) is 4.57. The van der Waals surface area contributed by atoms with Crippen LogP contribution >= 0.6 is 12.4 Å². The molecule has 3 aromatic heterocycles. The monoisotopic (exact) mass is 443 g/mol. The molecule has 4 heterocycles.